The fourth-order valence-electron chi connectivity index (χ4n) is 3.80. The minimum Gasteiger partial charge on any atom is -0.479 e. The molecule has 2 unspecified atom stereocenters. The smallest absolute Gasteiger partial charge is 0.267 e. The predicted octanol–water partition coefficient (Wildman–Crippen LogP) is 4.40. The summed E-state index contributed by atoms with van der Waals surface area (Å²) in [7, 11) is 0. The van der Waals surface area contributed by atoms with E-state index in [4.69, 9.17) is 4.74 Å². The monoisotopic (exact) mass is 414 g/mol. The number of ether oxygens (including phenoxy) is 1. The Morgan fingerprint density at radius 1 is 0.968 bits per heavy atom. The van der Waals surface area contributed by atoms with Gasteiger partial charge in [-0.2, -0.15) is 0 Å². The topological polar surface area (TPSA) is 58.6 Å². The standard InChI is InChI=1S/C26H26N2O3/c1-18-12-14-21(15-13-18)25(20-8-4-3-5-9-20)27-24(29)16-17-28-22-10-6-7-11-23(22)31-19(2)26(28)30/h3-15,19,25H,16-17H2,1-2H3,(H,27,29). The second-order valence-corrected chi connectivity index (χ2v) is 7.79. The van der Waals surface area contributed by atoms with Crippen LogP contribution in [0.3, 0.4) is 0 Å². The lowest BCUT2D eigenvalue weighted by Gasteiger charge is -2.33. The first-order valence-corrected chi connectivity index (χ1v) is 10.5. The summed E-state index contributed by atoms with van der Waals surface area (Å²) in [6, 6.07) is 25.2. The molecule has 0 radical (unpaired) electrons. The van der Waals surface area contributed by atoms with Crippen LogP contribution in [0.4, 0.5) is 5.69 Å². The van der Waals surface area contributed by atoms with E-state index < -0.39 is 6.10 Å². The highest BCUT2D eigenvalue weighted by Gasteiger charge is 2.31. The van der Waals surface area contributed by atoms with Gasteiger partial charge in [0.25, 0.3) is 5.91 Å². The van der Waals surface area contributed by atoms with Gasteiger partial charge in [0.2, 0.25) is 5.91 Å². The highest BCUT2D eigenvalue weighted by Crippen LogP contribution is 2.33. The van der Waals surface area contributed by atoms with Crippen LogP contribution in [0.25, 0.3) is 0 Å². The Bertz CT molecular complexity index is 1060. The molecule has 1 aliphatic heterocycles. The molecule has 0 spiro atoms. The molecule has 31 heavy (non-hydrogen) atoms. The Morgan fingerprint density at radius 3 is 2.35 bits per heavy atom. The van der Waals surface area contributed by atoms with Crippen molar-refractivity contribution in [1.82, 2.24) is 5.32 Å². The van der Waals surface area contributed by atoms with E-state index in [0.29, 0.717) is 18.0 Å². The van der Waals surface area contributed by atoms with Crippen LogP contribution in [-0.4, -0.2) is 24.5 Å². The number of rotatable bonds is 6. The summed E-state index contributed by atoms with van der Waals surface area (Å²) < 4.78 is 5.68. The van der Waals surface area contributed by atoms with Gasteiger partial charge in [-0.25, -0.2) is 0 Å². The number of carbonyl (C=O) groups is 2. The van der Waals surface area contributed by atoms with Gasteiger partial charge >= 0.3 is 0 Å². The van der Waals surface area contributed by atoms with Gasteiger partial charge in [-0.05, 0) is 37.1 Å². The Labute approximate surface area is 182 Å². The van der Waals surface area contributed by atoms with Crippen LogP contribution in [0.15, 0.2) is 78.9 Å². The number of benzene rings is 3. The predicted molar refractivity (Wildman–Crippen MR) is 121 cm³/mol. The normalized spacial score (nSPS) is 16.3. The number of nitrogens with zero attached hydrogens (tertiary/aromatic N) is 1. The van der Waals surface area contributed by atoms with Gasteiger partial charge < -0.3 is 15.0 Å². The third-order valence-corrected chi connectivity index (χ3v) is 5.48. The van der Waals surface area contributed by atoms with Gasteiger partial charge in [-0.3, -0.25) is 9.59 Å². The molecule has 3 aromatic rings. The van der Waals surface area contributed by atoms with E-state index in [1.165, 1.54) is 5.56 Å². The highest BCUT2D eigenvalue weighted by molar-refractivity contribution is 6.00. The molecule has 3 aromatic carbocycles. The van der Waals surface area contributed by atoms with E-state index in [1.807, 2.05) is 85.8 Å². The molecule has 0 fully saturated rings. The van der Waals surface area contributed by atoms with Crippen molar-refractivity contribution in [3.8, 4) is 5.75 Å². The molecule has 0 aliphatic carbocycles. The first-order valence-electron chi connectivity index (χ1n) is 10.5. The third-order valence-electron chi connectivity index (χ3n) is 5.48. The Balaban J connectivity index is 1.50. The number of hydrogen-bond donors (Lipinski definition) is 1. The molecule has 1 heterocycles. The van der Waals surface area contributed by atoms with E-state index in [1.54, 1.807) is 11.8 Å². The number of para-hydroxylation sites is 2. The molecule has 0 bridgehead atoms. The molecule has 0 saturated heterocycles. The number of carbonyl (C=O) groups excluding carboxylic acids is 2. The zero-order valence-electron chi connectivity index (χ0n) is 17.7. The molecule has 2 atom stereocenters. The number of aryl methyl sites for hydroxylation is 1. The Morgan fingerprint density at radius 2 is 1.61 bits per heavy atom. The van der Waals surface area contributed by atoms with Crippen molar-refractivity contribution in [2.45, 2.75) is 32.4 Å². The molecule has 0 saturated carbocycles. The van der Waals surface area contributed by atoms with Crippen molar-refractivity contribution in [1.29, 1.82) is 0 Å². The van der Waals surface area contributed by atoms with Gasteiger partial charge in [-0.15, -0.1) is 0 Å². The second kappa shape index (κ2) is 9.04. The lowest BCUT2D eigenvalue weighted by atomic mass is 9.97. The molecule has 2 amide bonds. The number of fused-ring (bicyclic) bond motifs is 1. The molecule has 1 N–H and O–H groups in total. The summed E-state index contributed by atoms with van der Waals surface area (Å²) in [5, 5.41) is 3.15. The summed E-state index contributed by atoms with van der Waals surface area (Å²) in [6.45, 7) is 4.07. The fraction of sp³-hybridized carbons (Fsp3) is 0.231. The van der Waals surface area contributed by atoms with E-state index in [9.17, 15) is 9.59 Å². The molecule has 158 valence electrons. The van der Waals surface area contributed by atoms with E-state index >= 15 is 0 Å². The number of amides is 2. The van der Waals surface area contributed by atoms with Gasteiger partial charge in [0.15, 0.2) is 6.10 Å². The van der Waals surface area contributed by atoms with Gasteiger partial charge in [0.05, 0.1) is 11.7 Å². The molecular formula is C26H26N2O3. The minimum atomic E-state index is -0.567. The molecular weight excluding hydrogens is 388 g/mol. The van der Waals surface area contributed by atoms with Crippen molar-refractivity contribution in [2.24, 2.45) is 0 Å². The first-order chi connectivity index (χ1) is 15.0. The third kappa shape index (κ3) is 4.61. The van der Waals surface area contributed by atoms with Crippen LogP contribution >= 0.6 is 0 Å². The van der Waals surface area contributed by atoms with Crippen LogP contribution in [0, 0.1) is 6.92 Å². The zero-order valence-corrected chi connectivity index (χ0v) is 17.7. The summed E-state index contributed by atoms with van der Waals surface area (Å²) >= 11 is 0. The van der Waals surface area contributed by atoms with E-state index in [-0.39, 0.29) is 24.3 Å². The van der Waals surface area contributed by atoms with Crippen LogP contribution in [-0.2, 0) is 9.59 Å². The SMILES string of the molecule is Cc1ccc(C(NC(=O)CCN2C(=O)C(C)Oc3ccccc32)c2ccccc2)cc1. The summed E-state index contributed by atoms with van der Waals surface area (Å²) in [6.07, 6.45) is -0.371. The van der Waals surface area contributed by atoms with Crippen molar-refractivity contribution >= 4 is 17.5 Å². The lowest BCUT2D eigenvalue weighted by molar-refractivity contribution is -0.125. The van der Waals surface area contributed by atoms with Crippen molar-refractivity contribution < 1.29 is 14.3 Å². The Kier molecular flexibility index (Phi) is 6.03. The average Bonchev–Trinajstić information content (AvgIpc) is 2.79. The lowest BCUT2D eigenvalue weighted by Crippen LogP contribution is -2.46. The zero-order chi connectivity index (χ0) is 21.8. The van der Waals surface area contributed by atoms with Crippen molar-refractivity contribution in [3.63, 3.8) is 0 Å². The average molecular weight is 415 g/mol. The molecule has 5 nitrogen and oxygen atoms in total. The molecule has 4 rings (SSSR count). The molecule has 5 heteroatoms. The maximum Gasteiger partial charge on any atom is 0.267 e. The first kappa shape index (κ1) is 20.7. The molecule has 0 aromatic heterocycles. The van der Waals surface area contributed by atoms with Gasteiger partial charge in [0.1, 0.15) is 5.75 Å². The number of anilines is 1. The largest absolute Gasteiger partial charge is 0.479 e. The van der Waals surface area contributed by atoms with Crippen LogP contribution in [0.1, 0.15) is 36.1 Å². The van der Waals surface area contributed by atoms with E-state index in [0.717, 1.165) is 11.1 Å². The maximum absolute atomic E-state index is 12.9. The number of nitrogens with one attached hydrogen (secondary N) is 1. The van der Waals surface area contributed by atoms with Crippen molar-refractivity contribution in [3.05, 3.63) is 95.6 Å². The quantitative estimate of drug-likeness (QED) is 0.650. The van der Waals surface area contributed by atoms with Gasteiger partial charge in [0, 0.05) is 13.0 Å². The second-order valence-electron chi connectivity index (χ2n) is 7.79. The summed E-state index contributed by atoms with van der Waals surface area (Å²) in [5.74, 6) is 0.417. The number of hydrogen-bond acceptors (Lipinski definition) is 3. The molecule has 1 aliphatic rings. The van der Waals surface area contributed by atoms with Crippen molar-refractivity contribution in [2.75, 3.05) is 11.4 Å². The van der Waals surface area contributed by atoms with Crippen LogP contribution in [0.5, 0.6) is 5.75 Å². The highest BCUT2D eigenvalue weighted by atomic mass is 16.5. The fourth-order valence-corrected chi connectivity index (χ4v) is 3.80. The van der Waals surface area contributed by atoms with Gasteiger partial charge in [-0.1, -0.05) is 72.3 Å². The Hall–Kier alpha value is -3.60. The van der Waals surface area contributed by atoms with Crippen LogP contribution in [0.2, 0.25) is 0 Å². The van der Waals surface area contributed by atoms with Crippen LogP contribution < -0.4 is 15.0 Å². The maximum atomic E-state index is 12.9. The summed E-state index contributed by atoms with van der Waals surface area (Å²) in [5.41, 5.74) is 3.91. The van der Waals surface area contributed by atoms with E-state index in [2.05, 4.69) is 5.32 Å². The minimum absolute atomic E-state index is 0.112. The summed E-state index contributed by atoms with van der Waals surface area (Å²) in [4.78, 5) is 27.2.